The maximum atomic E-state index is 8.90. The SMILES string of the molecule is O=C(O)OO.c1ccc(-c2ccccn2)nc1. The minimum Gasteiger partial charge on any atom is -0.448 e. The molecule has 2 heterocycles. The number of carboxylic acid groups (broad SMARTS) is 1. The fraction of sp³-hybridized carbons (Fsp3) is 0. The predicted octanol–water partition coefficient (Wildman–Crippen LogP) is 2.30. The molecule has 0 saturated carbocycles. The van der Waals surface area contributed by atoms with E-state index in [2.05, 4.69) is 14.9 Å². The van der Waals surface area contributed by atoms with Crippen molar-refractivity contribution in [3.8, 4) is 11.4 Å². The van der Waals surface area contributed by atoms with Crippen molar-refractivity contribution < 1.29 is 20.0 Å². The zero-order valence-electron chi connectivity index (χ0n) is 8.72. The molecule has 0 aromatic carbocycles. The van der Waals surface area contributed by atoms with Crippen molar-refractivity contribution in [3.05, 3.63) is 48.8 Å². The van der Waals surface area contributed by atoms with Crippen LogP contribution in [0.1, 0.15) is 0 Å². The van der Waals surface area contributed by atoms with E-state index in [4.69, 9.17) is 15.2 Å². The zero-order valence-corrected chi connectivity index (χ0v) is 8.72. The van der Waals surface area contributed by atoms with E-state index < -0.39 is 6.16 Å². The van der Waals surface area contributed by atoms with Crippen LogP contribution < -0.4 is 0 Å². The lowest BCUT2D eigenvalue weighted by Gasteiger charge is -1.96. The molecule has 0 aliphatic heterocycles. The second kappa shape index (κ2) is 6.91. The molecular formula is C11H10N2O4. The van der Waals surface area contributed by atoms with Crippen LogP contribution in [0.4, 0.5) is 4.79 Å². The average molecular weight is 234 g/mol. The molecule has 88 valence electrons. The van der Waals surface area contributed by atoms with E-state index >= 15 is 0 Å². The Labute approximate surface area is 97.1 Å². The summed E-state index contributed by atoms with van der Waals surface area (Å²) < 4.78 is 0. The Kier molecular flexibility index (Phi) is 5.12. The lowest BCUT2D eigenvalue weighted by atomic mass is 10.2. The van der Waals surface area contributed by atoms with Crippen LogP contribution in [-0.4, -0.2) is 26.5 Å². The Morgan fingerprint density at radius 2 is 1.41 bits per heavy atom. The molecule has 0 amide bonds. The first kappa shape index (κ1) is 12.6. The van der Waals surface area contributed by atoms with Crippen molar-refractivity contribution in [1.82, 2.24) is 9.97 Å². The Hall–Kier alpha value is -2.47. The average Bonchev–Trinajstić information content (AvgIpc) is 2.41. The molecule has 0 atom stereocenters. The van der Waals surface area contributed by atoms with Gasteiger partial charge in [-0.15, -0.1) is 0 Å². The summed E-state index contributed by atoms with van der Waals surface area (Å²) >= 11 is 0. The van der Waals surface area contributed by atoms with Crippen molar-refractivity contribution in [2.24, 2.45) is 0 Å². The summed E-state index contributed by atoms with van der Waals surface area (Å²) in [6.07, 6.45) is 1.85. The summed E-state index contributed by atoms with van der Waals surface area (Å²) in [7, 11) is 0. The number of hydrogen-bond donors (Lipinski definition) is 2. The second-order valence-corrected chi connectivity index (χ2v) is 2.79. The molecule has 2 aromatic rings. The number of hydrogen-bond acceptors (Lipinski definition) is 5. The first-order valence-corrected chi connectivity index (χ1v) is 4.61. The van der Waals surface area contributed by atoms with Gasteiger partial charge in [-0.3, -0.25) is 14.9 Å². The maximum absolute atomic E-state index is 8.90. The molecule has 0 aliphatic carbocycles. The highest BCUT2D eigenvalue weighted by atomic mass is 17.1. The number of aromatic nitrogens is 2. The Morgan fingerprint density at radius 3 is 1.65 bits per heavy atom. The summed E-state index contributed by atoms with van der Waals surface area (Å²) in [5, 5.41) is 14.3. The molecule has 2 N–H and O–H groups in total. The molecule has 17 heavy (non-hydrogen) atoms. The molecule has 0 radical (unpaired) electrons. The van der Waals surface area contributed by atoms with Crippen LogP contribution in [0.3, 0.4) is 0 Å². The van der Waals surface area contributed by atoms with Crippen molar-refractivity contribution in [2.75, 3.05) is 0 Å². The topological polar surface area (TPSA) is 92.5 Å². The van der Waals surface area contributed by atoms with Crippen LogP contribution in [0.25, 0.3) is 11.4 Å². The van der Waals surface area contributed by atoms with Gasteiger partial charge in [-0.05, 0) is 24.3 Å². The third-order valence-electron chi connectivity index (χ3n) is 1.67. The standard InChI is InChI=1S/C10H8N2.CH2O4/c1-3-7-11-9(5-1)10-6-2-4-8-12-10;2-1(3)5-4/h1-8H;4H,(H,2,3). The number of carbonyl (C=O) groups is 1. The van der Waals surface area contributed by atoms with Crippen molar-refractivity contribution >= 4 is 6.16 Å². The lowest BCUT2D eigenvalue weighted by Crippen LogP contribution is -1.91. The van der Waals surface area contributed by atoms with E-state index in [9.17, 15) is 0 Å². The highest BCUT2D eigenvalue weighted by Crippen LogP contribution is 2.10. The molecule has 0 aliphatic rings. The van der Waals surface area contributed by atoms with Crippen LogP contribution in [0, 0.1) is 0 Å². The first-order chi connectivity index (χ1) is 8.24. The highest BCUT2D eigenvalue weighted by Gasteiger charge is 1.95. The van der Waals surface area contributed by atoms with E-state index in [0.717, 1.165) is 11.4 Å². The number of nitrogens with zero attached hydrogens (tertiary/aromatic N) is 2. The molecule has 0 saturated heterocycles. The molecule has 0 fully saturated rings. The fourth-order valence-electron chi connectivity index (χ4n) is 1.03. The maximum Gasteiger partial charge on any atom is 0.537 e. The van der Waals surface area contributed by atoms with Crippen LogP contribution in [0.2, 0.25) is 0 Å². The van der Waals surface area contributed by atoms with Crippen molar-refractivity contribution in [1.29, 1.82) is 0 Å². The van der Waals surface area contributed by atoms with Crippen molar-refractivity contribution in [2.45, 2.75) is 0 Å². The van der Waals surface area contributed by atoms with E-state index in [0.29, 0.717) is 0 Å². The summed E-state index contributed by atoms with van der Waals surface area (Å²) in [6.45, 7) is 0. The molecule has 6 nitrogen and oxygen atoms in total. The van der Waals surface area contributed by atoms with Gasteiger partial charge in [0.1, 0.15) is 0 Å². The normalized spacial score (nSPS) is 8.76. The van der Waals surface area contributed by atoms with E-state index in [1.54, 1.807) is 12.4 Å². The number of rotatable bonds is 1. The van der Waals surface area contributed by atoms with Crippen molar-refractivity contribution in [3.63, 3.8) is 0 Å². The third kappa shape index (κ3) is 4.72. The van der Waals surface area contributed by atoms with Crippen LogP contribution in [0.5, 0.6) is 0 Å². The molecule has 0 unspecified atom stereocenters. The van der Waals surface area contributed by atoms with Gasteiger partial charge in [0.15, 0.2) is 0 Å². The first-order valence-electron chi connectivity index (χ1n) is 4.61. The van der Waals surface area contributed by atoms with Gasteiger partial charge in [0.05, 0.1) is 11.4 Å². The molecular weight excluding hydrogens is 224 g/mol. The summed E-state index contributed by atoms with van der Waals surface area (Å²) in [5.41, 5.74) is 1.83. The van der Waals surface area contributed by atoms with Crippen LogP contribution >= 0.6 is 0 Å². The van der Waals surface area contributed by atoms with Gasteiger partial charge in [0, 0.05) is 12.4 Å². The van der Waals surface area contributed by atoms with E-state index in [-0.39, 0.29) is 0 Å². The fourth-order valence-corrected chi connectivity index (χ4v) is 1.03. The van der Waals surface area contributed by atoms with Gasteiger partial charge in [-0.2, -0.15) is 5.26 Å². The van der Waals surface area contributed by atoms with E-state index in [1.807, 2.05) is 36.4 Å². The molecule has 0 bridgehead atoms. The quantitative estimate of drug-likeness (QED) is 0.581. The van der Waals surface area contributed by atoms with Gasteiger partial charge in [0.25, 0.3) is 0 Å². The summed E-state index contributed by atoms with van der Waals surface area (Å²) in [6, 6.07) is 11.6. The van der Waals surface area contributed by atoms with Gasteiger partial charge in [0.2, 0.25) is 0 Å². The minimum absolute atomic E-state index is 0.915. The Balaban J connectivity index is 0.000000249. The second-order valence-electron chi connectivity index (χ2n) is 2.79. The van der Waals surface area contributed by atoms with E-state index in [1.165, 1.54) is 0 Å². The predicted molar refractivity (Wildman–Crippen MR) is 59.2 cm³/mol. The molecule has 0 spiro atoms. The van der Waals surface area contributed by atoms with Gasteiger partial charge < -0.3 is 5.11 Å². The lowest BCUT2D eigenvalue weighted by molar-refractivity contribution is -0.194. The smallest absolute Gasteiger partial charge is 0.448 e. The third-order valence-corrected chi connectivity index (χ3v) is 1.67. The zero-order chi connectivity index (χ0) is 12.5. The molecule has 6 heteroatoms. The molecule has 2 aromatic heterocycles. The summed E-state index contributed by atoms with van der Waals surface area (Å²) in [5.74, 6) is 0. The van der Waals surface area contributed by atoms with Gasteiger partial charge >= 0.3 is 6.16 Å². The molecule has 2 rings (SSSR count). The van der Waals surface area contributed by atoms with Crippen LogP contribution in [0.15, 0.2) is 48.8 Å². The highest BCUT2D eigenvalue weighted by molar-refractivity contribution is 5.55. The largest absolute Gasteiger partial charge is 0.537 e. The minimum atomic E-state index is -1.69. The Bertz CT molecular complexity index is 410. The Morgan fingerprint density at radius 1 is 1.00 bits per heavy atom. The van der Waals surface area contributed by atoms with Crippen LogP contribution in [-0.2, 0) is 4.89 Å². The summed E-state index contributed by atoms with van der Waals surface area (Å²) in [4.78, 5) is 19.9. The van der Waals surface area contributed by atoms with Gasteiger partial charge in [-0.1, -0.05) is 12.1 Å². The number of pyridine rings is 2. The monoisotopic (exact) mass is 234 g/mol. The van der Waals surface area contributed by atoms with Gasteiger partial charge in [-0.25, -0.2) is 4.79 Å².